The van der Waals surface area contributed by atoms with Gasteiger partial charge in [-0.25, -0.2) is 8.42 Å². The van der Waals surface area contributed by atoms with Gasteiger partial charge in [0.25, 0.3) is 10.0 Å². The summed E-state index contributed by atoms with van der Waals surface area (Å²) >= 11 is 7.42. The molecule has 0 radical (unpaired) electrons. The lowest BCUT2D eigenvalue weighted by Gasteiger charge is -2.25. The van der Waals surface area contributed by atoms with Crippen molar-refractivity contribution in [2.24, 2.45) is 0 Å². The third kappa shape index (κ3) is 2.20. The van der Waals surface area contributed by atoms with Crippen LogP contribution in [0.2, 0.25) is 0 Å². The van der Waals surface area contributed by atoms with Gasteiger partial charge in [-0.15, -0.1) is 22.9 Å². The van der Waals surface area contributed by atoms with Crippen molar-refractivity contribution in [2.75, 3.05) is 6.54 Å². The molecule has 2 aromatic heterocycles. The number of halogens is 1. The Hall–Kier alpha value is -0.890. The van der Waals surface area contributed by atoms with E-state index in [1.165, 1.54) is 15.4 Å². The number of alkyl halides is 1. The standard InChI is InChI=1S/C11H12ClN3O2S2/c12-5-9-6-13-14-11(9)19(16,17)15-3-1-10-8(7-15)2-4-18-10/h2,4,6H,1,3,5,7H2,(H,13,14). The lowest BCUT2D eigenvalue weighted by atomic mass is 10.1. The molecule has 2 aromatic rings. The van der Waals surface area contributed by atoms with Crippen LogP contribution in [-0.4, -0.2) is 29.5 Å². The zero-order chi connectivity index (χ0) is 13.5. The summed E-state index contributed by atoms with van der Waals surface area (Å²) in [7, 11) is -3.55. The van der Waals surface area contributed by atoms with Gasteiger partial charge in [-0.1, -0.05) is 0 Å². The van der Waals surface area contributed by atoms with Gasteiger partial charge in [0.2, 0.25) is 0 Å². The number of fused-ring (bicyclic) bond motifs is 1. The van der Waals surface area contributed by atoms with Crippen LogP contribution in [0.25, 0.3) is 0 Å². The summed E-state index contributed by atoms with van der Waals surface area (Å²) in [5.74, 6) is 0.128. The summed E-state index contributed by atoms with van der Waals surface area (Å²) in [5, 5.41) is 8.44. The molecule has 8 heteroatoms. The molecule has 1 aliphatic heterocycles. The van der Waals surface area contributed by atoms with Crippen LogP contribution in [0.1, 0.15) is 16.0 Å². The molecule has 0 bridgehead atoms. The van der Waals surface area contributed by atoms with Crippen molar-refractivity contribution < 1.29 is 8.42 Å². The van der Waals surface area contributed by atoms with Crippen LogP contribution in [0.15, 0.2) is 22.7 Å². The lowest BCUT2D eigenvalue weighted by Crippen LogP contribution is -2.35. The SMILES string of the molecule is O=S(=O)(c1[nH]ncc1CCl)N1CCc2sccc2C1. The summed E-state index contributed by atoms with van der Waals surface area (Å²) in [4.78, 5) is 1.27. The van der Waals surface area contributed by atoms with Crippen molar-refractivity contribution in [3.8, 4) is 0 Å². The Bertz CT molecular complexity index is 692. The first-order chi connectivity index (χ1) is 9.13. The highest BCUT2D eigenvalue weighted by atomic mass is 35.5. The molecule has 0 unspecified atom stereocenters. The van der Waals surface area contributed by atoms with Gasteiger partial charge in [0.05, 0.1) is 12.1 Å². The van der Waals surface area contributed by atoms with Gasteiger partial charge in [0, 0.05) is 23.5 Å². The van der Waals surface area contributed by atoms with E-state index >= 15 is 0 Å². The number of nitrogens with zero attached hydrogens (tertiary/aromatic N) is 2. The first-order valence-electron chi connectivity index (χ1n) is 5.76. The van der Waals surface area contributed by atoms with E-state index < -0.39 is 10.0 Å². The van der Waals surface area contributed by atoms with Gasteiger partial charge < -0.3 is 0 Å². The molecule has 0 saturated carbocycles. The van der Waals surface area contributed by atoms with Crippen molar-refractivity contribution in [3.63, 3.8) is 0 Å². The van der Waals surface area contributed by atoms with Crippen LogP contribution in [0.4, 0.5) is 0 Å². The summed E-state index contributed by atoms with van der Waals surface area (Å²) in [6.45, 7) is 0.915. The predicted molar refractivity (Wildman–Crippen MR) is 73.8 cm³/mol. The fraction of sp³-hybridized carbons (Fsp3) is 0.364. The molecule has 0 fully saturated rings. The minimum Gasteiger partial charge on any atom is -0.266 e. The second kappa shape index (κ2) is 4.90. The predicted octanol–water partition coefficient (Wildman–Crippen LogP) is 1.96. The Morgan fingerprint density at radius 2 is 2.37 bits per heavy atom. The Morgan fingerprint density at radius 3 is 3.16 bits per heavy atom. The first-order valence-corrected chi connectivity index (χ1v) is 8.62. The molecule has 1 N–H and O–H groups in total. The fourth-order valence-corrected chi connectivity index (χ4v) is 4.87. The van der Waals surface area contributed by atoms with Gasteiger partial charge in [-0.05, 0) is 23.4 Å². The molecular formula is C11H12ClN3O2S2. The fourth-order valence-electron chi connectivity index (χ4n) is 2.17. The normalized spacial score (nSPS) is 16.5. The summed E-state index contributed by atoms with van der Waals surface area (Å²) in [6.07, 6.45) is 2.22. The summed E-state index contributed by atoms with van der Waals surface area (Å²) in [5.41, 5.74) is 1.60. The number of hydrogen-bond acceptors (Lipinski definition) is 4. The molecule has 3 heterocycles. The second-order valence-electron chi connectivity index (χ2n) is 4.32. The number of H-pyrrole nitrogens is 1. The number of aromatic nitrogens is 2. The van der Waals surface area contributed by atoms with Crippen LogP contribution in [0.5, 0.6) is 0 Å². The third-order valence-corrected chi connectivity index (χ3v) is 6.36. The van der Waals surface area contributed by atoms with E-state index in [0.717, 1.165) is 12.0 Å². The zero-order valence-corrected chi connectivity index (χ0v) is 12.4. The maximum Gasteiger partial charge on any atom is 0.260 e. The zero-order valence-electron chi connectivity index (χ0n) is 9.97. The smallest absolute Gasteiger partial charge is 0.260 e. The Labute approximate surface area is 120 Å². The average Bonchev–Trinajstić information content (AvgIpc) is 3.06. The minimum absolute atomic E-state index is 0.112. The Balaban J connectivity index is 1.94. The van der Waals surface area contributed by atoms with Crippen LogP contribution in [0, 0.1) is 0 Å². The van der Waals surface area contributed by atoms with Gasteiger partial charge >= 0.3 is 0 Å². The van der Waals surface area contributed by atoms with Crippen molar-refractivity contribution >= 4 is 33.0 Å². The van der Waals surface area contributed by atoms with Crippen molar-refractivity contribution in [1.29, 1.82) is 0 Å². The van der Waals surface area contributed by atoms with Gasteiger partial charge in [-0.2, -0.15) is 9.40 Å². The molecule has 19 heavy (non-hydrogen) atoms. The first kappa shape index (κ1) is 13.1. The second-order valence-corrected chi connectivity index (χ2v) is 7.46. The maximum atomic E-state index is 12.6. The number of hydrogen-bond donors (Lipinski definition) is 1. The van der Waals surface area contributed by atoms with Gasteiger partial charge in [0.15, 0.2) is 5.03 Å². The van der Waals surface area contributed by atoms with Crippen molar-refractivity contribution in [3.05, 3.63) is 33.6 Å². The molecule has 3 rings (SSSR count). The van der Waals surface area contributed by atoms with Crippen LogP contribution in [0.3, 0.4) is 0 Å². The van der Waals surface area contributed by atoms with E-state index in [1.807, 2.05) is 11.4 Å². The molecule has 0 spiro atoms. The van der Waals surface area contributed by atoms with Gasteiger partial charge in [0.1, 0.15) is 0 Å². The number of nitrogens with one attached hydrogen (secondary N) is 1. The summed E-state index contributed by atoms with van der Waals surface area (Å²) in [6, 6.07) is 1.98. The monoisotopic (exact) mass is 317 g/mol. The highest BCUT2D eigenvalue weighted by Gasteiger charge is 2.31. The van der Waals surface area contributed by atoms with E-state index in [-0.39, 0.29) is 10.9 Å². The van der Waals surface area contributed by atoms with E-state index in [1.54, 1.807) is 11.3 Å². The molecule has 0 saturated heterocycles. The van der Waals surface area contributed by atoms with E-state index in [4.69, 9.17) is 11.6 Å². The molecule has 102 valence electrons. The van der Waals surface area contributed by atoms with Crippen LogP contribution < -0.4 is 0 Å². The van der Waals surface area contributed by atoms with E-state index in [9.17, 15) is 8.42 Å². The maximum absolute atomic E-state index is 12.6. The van der Waals surface area contributed by atoms with Crippen LogP contribution in [-0.2, 0) is 28.9 Å². The number of aromatic amines is 1. The van der Waals surface area contributed by atoms with Crippen LogP contribution >= 0.6 is 22.9 Å². The molecule has 0 aliphatic carbocycles. The number of rotatable bonds is 3. The Kier molecular flexibility index (Phi) is 3.38. The topological polar surface area (TPSA) is 66.1 Å². The molecule has 0 amide bonds. The highest BCUT2D eigenvalue weighted by Crippen LogP contribution is 2.28. The molecule has 5 nitrogen and oxygen atoms in total. The molecule has 0 aromatic carbocycles. The van der Waals surface area contributed by atoms with Crippen molar-refractivity contribution in [1.82, 2.24) is 14.5 Å². The van der Waals surface area contributed by atoms with Crippen molar-refractivity contribution in [2.45, 2.75) is 23.9 Å². The number of sulfonamides is 1. The lowest BCUT2D eigenvalue weighted by molar-refractivity contribution is 0.392. The third-order valence-electron chi connectivity index (χ3n) is 3.19. The van der Waals surface area contributed by atoms with E-state index in [0.29, 0.717) is 18.7 Å². The number of thiophene rings is 1. The Morgan fingerprint density at radius 1 is 1.53 bits per heavy atom. The minimum atomic E-state index is -3.55. The average molecular weight is 318 g/mol. The summed E-state index contributed by atoms with van der Waals surface area (Å²) < 4.78 is 26.6. The highest BCUT2D eigenvalue weighted by molar-refractivity contribution is 7.89. The van der Waals surface area contributed by atoms with E-state index in [2.05, 4.69) is 10.2 Å². The van der Waals surface area contributed by atoms with Gasteiger partial charge in [-0.3, -0.25) is 5.10 Å². The molecule has 1 aliphatic rings. The molecule has 0 atom stereocenters. The largest absolute Gasteiger partial charge is 0.266 e. The quantitative estimate of drug-likeness (QED) is 0.880. The molecular weight excluding hydrogens is 306 g/mol.